The summed E-state index contributed by atoms with van der Waals surface area (Å²) in [5.74, 6) is 0. The van der Waals surface area contributed by atoms with Gasteiger partial charge in [-0.3, -0.25) is 0 Å². The molecule has 8 heavy (non-hydrogen) atoms. The quantitative estimate of drug-likeness (QED) is 0.354. The number of rotatable bonds is 3. The van der Waals surface area contributed by atoms with Crippen LogP contribution in [0.3, 0.4) is 0 Å². The van der Waals surface area contributed by atoms with Crippen molar-refractivity contribution in [1.29, 1.82) is 0 Å². The molecule has 2 N–H and O–H groups in total. The van der Waals surface area contributed by atoms with Crippen molar-refractivity contribution in [2.24, 2.45) is 0 Å². The molecule has 0 aromatic rings. The van der Waals surface area contributed by atoms with Crippen LogP contribution in [-0.4, -0.2) is 82.7 Å². The van der Waals surface area contributed by atoms with E-state index >= 15 is 0 Å². The normalized spacial score (nSPS) is 7.88. The van der Waals surface area contributed by atoms with Crippen molar-refractivity contribution in [3.63, 3.8) is 0 Å². The second-order valence-corrected chi connectivity index (χ2v) is 0.899. The summed E-state index contributed by atoms with van der Waals surface area (Å²) in [6, 6.07) is 0. The fourth-order valence-corrected chi connectivity index (χ4v) is 0.129. The molecule has 0 aliphatic carbocycles. The Morgan fingerprint density at radius 2 is 2.00 bits per heavy atom. The second kappa shape index (κ2) is 8.54. The topological polar surface area (TPSA) is 58.9 Å². The van der Waals surface area contributed by atoms with Crippen LogP contribution in [0.15, 0.2) is 0 Å². The van der Waals surface area contributed by atoms with Crippen LogP contribution in [-0.2, 0) is 9.39 Å². The summed E-state index contributed by atoms with van der Waals surface area (Å²) in [4.78, 5) is 0. The Bertz CT molecular complexity index is 43.0. The van der Waals surface area contributed by atoms with Crippen molar-refractivity contribution < 1.29 is 19.4 Å². The third kappa shape index (κ3) is 10.5. The summed E-state index contributed by atoms with van der Waals surface area (Å²) in [5.41, 5.74) is 0. The molecule has 0 saturated heterocycles. The molecule has 0 aromatic carbocycles. The molecule has 0 aromatic heterocycles. The maximum atomic E-state index is 7.94. The fraction of sp³-hybridized carbons (Fsp3) is 1.00. The molecule has 0 heterocycles. The van der Waals surface area contributed by atoms with Gasteiger partial charge < -0.3 is 19.4 Å². The fourth-order valence-electron chi connectivity index (χ4n) is 0.129. The first-order chi connectivity index (χ1) is 3.27. The van der Waals surface area contributed by atoms with Gasteiger partial charge in [-0.25, -0.2) is 0 Å². The van der Waals surface area contributed by atoms with Crippen molar-refractivity contribution in [2.75, 3.05) is 13.9 Å². The first-order valence-corrected chi connectivity index (χ1v) is 1.74. The van der Waals surface area contributed by atoms with Crippen LogP contribution in [0.5, 0.6) is 0 Å². The molecule has 0 spiro atoms. The molecule has 0 atom stereocenters. The average molecular weight is 146 g/mol. The molecule has 0 aliphatic heterocycles. The Hall–Kier alpha value is 1.54. The predicted octanol–water partition coefficient (Wildman–Crippen LogP) is -2.07. The molecule has 0 aliphatic rings. The zero-order chi connectivity index (χ0) is 5.70. The second-order valence-electron chi connectivity index (χ2n) is 0.899. The summed E-state index contributed by atoms with van der Waals surface area (Å²) in [7, 11) is -0.331. The Kier molecular flexibility index (Phi) is 13.1. The monoisotopic (exact) mass is 146 g/mol. The molecule has 0 fully saturated rings. The Balaban J connectivity index is 0. The number of hydrogen-bond acceptors (Lipinski definition) is 4. The van der Waals surface area contributed by atoms with Gasteiger partial charge in [0.25, 0.3) is 0 Å². The van der Waals surface area contributed by atoms with Crippen molar-refractivity contribution >= 4 is 58.7 Å². The Morgan fingerprint density at radius 1 is 1.50 bits per heavy atom. The van der Waals surface area contributed by atoms with Crippen LogP contribution >= 0.6 is 0 Å². The van der Waals surface area contributed by atoms with E-state index in [4.69, 9.17) is 10.0 Å². The van der Waals surface area contributed by atoms with Gasteiger partial charge in [0.2, 0.25) is 0 Å². The minimum atomic E-state index is -1.72. The first kappa shape index (κ1) is 12.2. The van der Waals surface area contributed by atoms with E-state index in [2.05, 4.69) is 9.39 Å². The Morgan fingerprint density at radius 3 is 2.12 bits per heavy atom. The van der Waals surface area contributed by atoms with Gasteiger partial charge >= 0.3 is 58.7 Å². The third-order valence-corrected chi connectivity index (χ3v) is 0.335. The van der Waals surface area contributed by atoms with Crippen LogP contribution in [0.2, 0.25) is 0 Å². The third-order valence-electron chi connectivity index (χ3n) is 0.335. The van der Waals surface area contributed by atoms with Crippen LogP contribution < -0.4 is 0 Å². The molecule has 0 rings (SSSR count). The standard InChI is InChI=1S/C2H7BO4.K.H/c1-6-2-7-3(4)5;;/h4-5H,2H2,1H3;;. The molecule has 0 saturated carbocycles. The summed E-state index contributed by atoms with van der Waals surface area (Å²) in [5, 5.41) is 15.9. The predicted molar refractivity (Wildman–Crippen MR) is 30.3 cm³/mol. The van der Waals surface area contributed by atoms with Gasteiger partial charge in [-0.1, -0.05) is 0 Å². The van der Waals surface area contributed by atoms with Gasteiger partial charge in [0.05, 0.1) is 0 Å². The molecule has 0 radical (unpaired) electrons. The molecule has 0 bridgehead atoms. The molecule has 0 unspecified atom stereocenters. The molecular formula is C2H8BKO4. The van der Waals surface area contributed by atoms with Crippen molar-refractivity contribution in [3.05, 3.63) is 0 Å². The van der Waals surface area contributed by atoms with Crippen molar-refractivity contribution in [3.8, 4) is 0 Å². The van der Waals surface area contributed by atoms with Gasteiger partial charge in [0.15, 0.2) is 0 Å². The van der Waals surface area contributed by atoms with Crippen LogP contribution in [0.1, 0.15) is 0 Å². The van der Waals surface area contributed by atoms with E-state index in [-0.39, 0.29) is 58.2 Å². The van der Waals surface area contributed by atoms with Crippen LogP contribution in [0.25, 0.3) is 0 Å². The maximum absolute atomic E-state index is 7.94. The average Bonchev–Trinajstić information content (AvgIpc) is 1.61. The molecule has 44 valence electrons. The van der Waals surface area contributed by atoms with Gasteiger partial charge in [-0.05, 0) is 0 Å². The van der Waals surface area contributed by atoms with Gasteiger partial charge in [0, 0.05) is 7.11 Å². The summed E-state index contributed by atoms with van der Waals surface area (Å²) >= 11 is 0. The molecule has 0 amide bonds. The zero-order valence-electron chi connectivity index (χ0n) is 4.00. The Labute approximate surface area is 90.8 Å². The van der Waals surface area contributed by atoms with E-state index in [0.29, 0.717) is 0 Å². The summed E-state index contributed by atoms with van der Waals surface area (Å²) in [6.07, 6.45) is 0. The van der Waals surface area contributed by atoms with Crippen molar-refractivity contribution in [1.82, 2.24) is 0 Å². The van der Waals surface area contributed by atoms with E-state index in [1.165, 1.54) is 7.11 Å². The summed E-state index contributed by atoms with van der Waals surface area (Å²) < 4.78 is 8.39. The molecular weight excluding hydrogens is 138 g/mol. The van der Waals surface area contributed by atoms with Gasteiger partial charge in [0.1, 0.15) is 6.79 Å². The van der Waals surface area contributed by atoms with Gasteiger partial charge in [-0.15, -0.1) is 0 Å². The SMILES string of the molecule is COCOB(O)O.[KH]. The minimum absolute atomic E-state index is 0. The zero-order valence-corrected chi connectivity index (χ0v) is 4.00. The van der Waals surface area contributed by atoms with Gasteiger partial charge in [-0.2, -0.15) is 0 Å². The van der Waals surface area contributed by atoms with E-state index in [9.17, 15) is 0 Å². The molecule has 6 heteroatoms. The van der Waals surface area contributed by atoms with E-state index in [0.717, 1.165) is 0 Å². The number of methoxy groups -OCH3 is 1. The van der Waals surface area contributed by atoms with E-state index in [1.807, 2.05) is 0 Å². The van der Waals surface area contributed by atoms with E-state index < -0.39 is 7.32 Å². The first-order valence-electron chi connectivity index (χ1n) is 1.74. The van der Waals surface area contributed by atoms with Crippen LogP contribution in [0, 0.1) is 0 Å². The van der Waals surface area contributed by atoms with Crippen molar-refractivity contribution in [2.45, 2.75) is 0 Å². The number of ether oxygens (including phenoxy) is 1. The van der Waals surface area contributed by atoms with E-state index in [1.54, 1.807) is 0 Å². The summed E-state index contributed by atoms with van der Waals surface area (Å²) in [6.45, 7) is -0.0995. The van der Waals surface area contributed by atoms with Crippen LogP contribution in [0.4, 0.5) is 0 Å². The number of hydrogen-bond donors (Lipinski definition) is 2. The molecule has 4 nitrogen and oxygen atoms in total.